The summed E-state index contributed by atoms with van der Waals surface area (Å²) in [6.45, 7) is 1.26. The van der Waals surface area contributed by atoms with Crippen LogP contribution in [0.4, 0.5) is 11.4 Å². The quantitative estimate of drug-likeness (QED) is 0.758. The summed E-state index contributed by atoms with van der Waals surface area (Å²) in [5.41, 5.74) is 1.26. The number of hydrogen-bond acceptors (Lipinski definition) is 5. The first-order chi connectivity index (χ1) is 12.9. The van der Waals surface area contributed by atoms with Crippen molar-refractivity contribution in [2.45, 2.75) is 18.9 Å². The summed E-state index contributed by atoms with van der Waals surface area (Å²) >= 11 is 0. The third kappa shape index (κ3) is 5.97. The van der Waals surface area contributed by atoms with E-state index in [1.807, 2.05) is 6.07 Å². The number of anilines is 2. The van der Waals surface area contributed by atoms with Crippen LogP contribution in [0.15, 0.2) is 48.5 Å². The first-order valence-corrected chi connectivity index (χ1v) is 10.5. The Morgan fingerprint density at radius 1 is 1.19 bits per heavy atom. The van der Waals surface area contributed by atoms with Crippen LogP contribution in [0.2, 0.25) is 0 Å². The molecule has 27 heavy (non-hydrogen) atoms. The van der Waals surface area contributed by atoms with Crippen molar-refractivity contribution in [1.82, 2.24) is 0 Å². The lowest BCUT2D eigenvalue weighted by molar-refractivity contribution is 0.0680. The Labute approximate surface area is 158 Å². The molecule has 144 valence electrons. The molecule has 1 aliphatic rings. The van der Waals surface area contributed by atoms with Crippen LogP contribution in [0.1, 0.15) is 23.2 Å². The molecule has 0 bridgehead atoms. The molecule has 1 aliphatic heterocycles. The summed E-state index contributed by atoms with van der Waals surface area (Å²) in [6.07, 6.45) is 3.22. The molecule has 1 saturated heterocycles. The van der Waals surface area contributed by atoms with E-state index in [4.69, 9.17) is 9.47 Å². The van der Waals surface area contributed by atoms with E-state index in [9.17, 15) is 13.2 Å². The first-order valence-electron chi connectivity index (χ1n) is 8.63. The van der Waals surface area contributed by atoms with E-state index in [-0.39, 0.29) is 12.0 Å². The van der Waals surface area contributed by atoms with Crippen LogP contribution in [0.3, 0.4) is 0 Å². The highest BCUT2D eigenvalue weighted by Crippen LogP contribution is 2.21. The average Bonchev–Trinajstić information content (AvgIpc) is 3.13. The monoisotopic (exact) mass is 390 g/mol. The lowest BCUT2D eigenvalue weighted by Crippen LogP contribution is -2.16. The summed E-state index contributed by atoms with van der Waals surface area (Å²) in [5.74, 6) is 0.305. The van der Waals surface area contributed by atoms with Crippen LogP contribution in [0, 0.1) is 0 Å². The van der Waals surface area contributed by atoms with Gasteiger partial charge in [-0.05, 0) is 43.2 Å². The van der Waals surface area contributed by atoms with Crippen LogP contribution in [0.25, 0.3) is 0 Å². The van der Waals surface area contributed by atoms with E-state index in [0.29, 0.717) is 29.3 Å². The fourth-order valence-electron chi connectivity index (χ4n) is 2.77. The third-order valence-electron chi connectivity index (χ3n) is 3.98. The van der Waals surface area contributed by atoms with Gasteiger partial charge < -0.3 is 14.8 Å². The highest BCUT2D eigenvalue weighted by atomic mass is 32.2. The standard InChI is InChI=1S/C19H22N2O5S/c1-27(23,24)21-16-7-2-5-14(11-16)19(22)20-15-6-3-8-17(12-15)26-13-18-9-4-10-25-18/h2-3,5-8,11-12,18,21H,4,9-10,13H2,1H3,(H,20,22)/t18-/m1/s1. The van der Waals surface area contributed by atoms with Crippen LogP contribution in [0.5, 0.6) is 5.75 Å². The molecule has 2 aromatic carbocycles. The van der Waals surface area contributed by atoms with Crippen molar-refractivity contribution in [1.29, 1.82) is 0 Å². The lowest BCUT2D eigenvalue weighted by atomic mass is 10.2. The zero-order valence-electron chi connectivity index (χ0n) is 15.0. The van der Waals surface area contributed by atoms with Gasteiger partial charge in [-0.2, -0.15) is 0 Å². The van der Waals surface area contributed by atoms with Crippen molar-refractivity contribution in [2.24, 2.45) is 0 Å². The second kappa shape index (κ2) is 8.41. The number of benzene rings is 2. The normalized spacial score (nSPS) is 16.7. The average molecular weight is 390 g/mol. The number of nitrogens with one attached hydrogen (secondary N) is 2. The molecule has 0 spiro atoms. The van der Waals surface area contributed by atoms with Gasteiger partial charge in [0.1, 0.15) is 12.4 Å². The molecule has 0 radical (unpaired) electrons. The van der Waals surface area contributed by atoms with Gasteiger partial charge in [0.15, 0.2) is 0 Å². The van der Waals surface area contributed by atoms with Gasteiger partial charge in [-0.3, -0.25) is 9.52 Å². The Kier molecular flexibility index (Phi) is 5.98. The number of ether oxygens (including phenoxy) is 2. The molecule has 1 heterocycles. The molecule has 1 fully saturated rings. The maximum atomic E-state index is 12.5. The van der Waals surface area contributed by atoms with Crippen LogP contribution >= 0.6 is 0 Å². The predicted molar refractivity (Wildman–Crippen MR) is 104 cm³/mol. The largest absolute Gasteiger partial charge is 0.491 e. The molecule has 7 nitrogen and oxygen atoms in total. The maximum Gasteiger partial charge on any atom is 0.255 e. The highest BCUT2D eigenvalue weighted by molar-refractivity contribution is 7.92. The Morgan fingerprint density at radius 3 is 2.70 bits per heavy atom. The maximum absolute atomic E-state index is 12.5. The van der Waals surface area contributed by atoms with Gasteiger partial charge in [0.2, 0.25) is 10.0 Å². The molecular weight excluding hydrogens is 368 g/mol. The smallest absolute Gasteiger partial charge is 0.255 e. The SMILES string of the molecule is CS(=O)(=O)Nc1cccc(C(=O)Nc2cccc(OC[C@H]3CCCO3)c2)c1. The Balaban J connectivity index is 1.63. The minimum atomic E-state index is -3.41. The molecule has 0 saturated carbocycles. The van der Waals surface area contributed by atoms with Crippen molar-refractivity contribution in [3.63, 3.8) is 0 Å². The van der Waals surface area contributed by atoms with Gasteiger partial charge in [-0.25, -0.2) is 8.42 Å². The molecule has 2 N–H and O–H groups in total. The van der Waals surface area contributed by atoms with E-state index in [1.165, 1.54) is 6.07 Å². The van der Waals surface area contributed by atoms with E-state index < -0.39 is 10.0 Å². The Morgan fingerprint density at radius 2 is 1.96 bits per heavy atom. The summed E-state index contributed by atoms with van der Waals surface area (Å²) in [5, 5.41) is 2.79. The van der Waals surface area contributed by atoms with Gasteiger partial charge in [0.05, 0.1) is 12.4 Å². The molecule has 0 aromatic heterocycles. The van der Waals surface area contributed by atoms with Crippen molar-refractivity contribution >= 4 is 27.3 Å². The van der Waals surface area contributed by atoms with Crippen molar-refractivity contribution in [2.75, 3.05) is 29.5 Å². The van der Waals surface area contributed by atoms with E-state index in [0.717, 1.165) is 25.7 Å². The summed E-state index contributed by atoms with van der Waals surface area (Å²) in [7, 11) is -3.41. The van der Waals surface area contributed by atoms with Crippen LogP contribution < -0.4 is 14.8 Å². The van der Waals surface area contributed by atoms with Gasteiger partial charge in [0.25, 0.3) is 5.91 Å². The molecule has 0 unspecified atom stereocenters. The molecule has 1 atom stereocenters. The zero-order chi connectivity index (χ0) is 19.3. The molecule has 1 amide bonds. The highest BCUT2D eigenvalue weighted by Gasteiger charge is 2.16. The summed E-state index contributed by atoms with van der Waals surface area (Å²) in [4.78, 5) is 12.5. The predicted octanol–water partition coefficient (Wildman–Crippen LogP) is 2.87. The topological polar surface area (TPSA) is 93.7 Å². The Hall–Kier alpha value is -2.58. The lowest BCUT2D eigenvalue weighted by Gasteiger charge is -2.13. The summed E-state index contributed by atoms with van der Waals surface area (Å²) < 4.78 is 36.3. The molecule has 0 aliphatic carbocycles. The fourth-order valence-corrected chi connectivity index (χ4v) is 3.32. The number of carbonyl (C=O) groups excluding carboxylic acids is 1. The fraction of sp³-hybridized carbons (Fsp3) is 0.316. The number of rotatable bonds is 7. The van der Waals surface area contributed by atoms with E-state index in [1.54, 1.807) is 36.4 Å². The Bertz CT molecular complexity index is 908. The number of sulfonamides is 1. The molecular formula is C19H22N2O5S. The van der Waals surface area contributed by atoms with Gasteiger partial charge >= 0.3 is 0 Å². The second-order valence-electron chi connectivity index (χ2n) is 6.38. The van der Waals surface area contributed by atoms with Crippen molar-refractivity contribution in [3.05, 3.63) is 54.1 Å². The second-order valence-corrected chi connectivity index (χ2v) is 8.13. The minimum absolute atomic E-state index is 0.119. The van der Waals surface area contributed by atoms with Gasteiger partial charge in [-0.15, -0.1) is 0 Å². The minimum Gasteiger partial charge on any atom is -0.491 e. The summed E-state index contributed by atoms with van der Waals surface area (Å²) in [6, 6.07) is 13.4. The number of hydrogen-bond donors (Lipinski definition) is 2. The van der Waals surface area contributed by atoms with Crippen molar-refractivity contribution < 1.29 is 22.7 Å². The van der Waals surface area contributed by atoms with Gasteiger partial charge in [0, 0.05) is 29.6 Å². The van der Waals surface area contributed by atoms with Crippen molar-refractivity contribution in [3.8, 4) is 5.75 Å². The van der Waals surface area contributed by atoms with E-state index >= 15 is 0 Å². The van der Waals surface area contributed by atoms with Crippen LogP contribution in [-0.2, 0) is 14.8 Å². The van der Waals surface area contributed by atoms with E-state index in [2.05, 4.69) is 10.0 Å². The van der Waals surface area contributed by atoms with Gasteiger partial charge in [-0.1, -0.05) is 12.1 Å². The third-order valence-corrected chi connectivity index (χ3v) is 4.59. The zero-order valence-corrected chi connectivity index (χ0v) is 15.8. The molecule has 2 aromatic rings. The number of amides is 1. The first kappa shape index (κ1) is 19.2. The molecule has 3 rings (SSSR count). The molecule has 8 heteroatoms. The number of carbonyl (C=O) groups is 1. The van der Waals surface area contributed by atoms with Crippen LogP contribution in [-0.4, -0.2) is 39.9 Å².